The normalized spacial score (nSPS) is 10.5. The number of carbonyl (C=O) groups is 1. The van der Waals surface area contributed by atoms with E-state index in [4.69, 9.17) is 13.7 Å². The van der Waals surface area contributed by atoms with Crippen molar-refractivity contribution < 1.29 is 18.5 Å². The summed E-state index contributed by atoms with van der Waals surface area (Å²) in [6, 6.07) is 10.9. The highest BCUT2D eigenvalue weighted by molar-refractivity contribution is 5.85. The van der Waals surface area contributed by atoms with E-state index in [0.717, 1.165) is 5.56 Å². The molecule has 0 aliphatic heterocycles. The number of aromatic nitrogens is 2. The third-order valence-electron chi connectivity index (χ3n) is 3.08. The maximum atomic E-state index is 11.6. The third kappa shape index (κ3) is 3.57. The second-order valence-corrected chi connectivity index (χ2v) is 4.67. The Hall–Kier alpha value is -3.09. The van der Waals surface area contributed by atoms with Crippen LogP contribution in [0, 0.1) is 0 Å². The average Bonchev–Trinajstić information content (AvgIpc) is 3.20. The fourth-order valence-corrected chi connectivity index (χ4v) is 2.07. The maximum Gasteiger partial charge on any atom is 0.411 e. The van der Waals surface area contributed by atoms with Crippen molar-refractivity contribution in [3.8, 4) is 11.6 Å². The van der Waals surface area contributed by atoms with Gasteiger partial charge in [0.2, 0.25) is 11.7 Å². The molecule has 0 saturated heterocycles. The van der Waals surface area contributed by atoms with Gasteiger partial charge in [0.15, 0.2) is 5.76 Å². The van der Waals surface area contributed by atoms with Crippen LogP contribution in [0.15, 0.2) is 51.6 Å². The van der Waals surface area contributed by atoms with Gasteiger partial charge in [-0.25, -0.2) is 4.79 Å². The molecule has 3 rings (SSSR count). The van der Waals surface area contributed by atoms with Crippen LogP contribution in [-0.2, 0) is 11.2 Å². The minimum atomic E-state index is -0.498. The van der Waals surface area contributed by atoms with Gasteiger partial charge in [-0.1, -0.05) is 23.4 Å². The molecule has 1 aromatic carbocycles. The molecule has 3 aromatic rings. The van der Waals surface area contributed by atoms with Crippen LogP contribution in [0.25, 0.3) is 11.6 Å². The summed E-state index contributed by atoms with van der Waals surface area (Å²) in [6.45, 7) is 2.06. The lowest BCUT2D eigenvalue weighted by Crippen LogP contribution is -2.14. The van der Waals surface area contributed by atoms with E-state index in [9.17, 15) is 4.79 Å². The van der Waals surface area contributed by atoms with Gasteiger partial charge in [0.25, 0.3) is 0 Å². The van der Waals surface area contributed by atoms with Crippen LogP contribution in [0.1, 0.15) is 18.4 Å². The number of para-hydroxylation sites is 1. The fraction of sp³-hybridized carbons (Fsp3) is 0.188. The van der Waals surface area contributed by atoms with E-state index >= 15 is 0 Å². The Morgan fingerprint density at radius 1 is 1.26 bits per heavy atom. The van der Waals surface area contributed by atoms with E-state index in [1.165, 1.54) is 0 Å². The largest absolute Gasteiger partial charge is 0.461 e. The molecule has 0 aliphatic carbocycles. The zero-order chi connectivity index (χ0) is 16.1. The topological polar surface area (TPSA) is 90.4 Å². The van der Waals surface area contributed by atoms with Crippen molar-refractivity contribution in [3.05, 3.63) is 54.1 Å². The molecule has 0 bridgehead atoms. The Morgan fingerprint density at radius 3 is 2.91 bits per heavy atom. The van der Waals surface area contributed by atoms with Gasteiger partial charge in [-0.3, -0.25) is 5.32 Å². The van der Waals surface area contributed by atoms with Gasteiger partial charge in [-0.05, 0) is 30.7 Å². The first-order chi connectivity index (χ1) is 11.3. The number of nitrogens with one attached hydrogen (secondary N) is 1. The maximum absolute atomic E-state index is 11.6. The number of amides is 1. The lowest BCUT2D eigenvalue weighted by atomic mass is 10.1. The van der Waals surface area contributed by atoms with Crippen molar-refractivity contribution in [2.24, 2.45) is 0 Å². The van der Waals surface area contributed by atoms with E-state index in [1.54, 1.807) is 31.4 Å². The molecule has 0 spiro atoms. The van der Waals surface area contributed by atoms with E-state index in [0.29, 0.717) is 36.2 Å². The molecule has 118 valence electrons. The van der Waals surface area contributed by atoms with Crippen molar-refractivity contribution >= 4 is 11.8 Å². The summed E-state index contributed by atoms with van der Waals surface area (Å²) in [6.07, 6.45) is 1.43. The van der Waals surface area contributed by atoms with Crippen molar-refractivity contribution in [1.82, 2.24) is 10.1 Å². The SMILES string of the molecule is CCOC(=O)Nc1ccccc1Cc1nc(-c2ccco2)no1. The molecule has 7 nitrogen and oxygen atoms in total. The summed E-state index contributed by atoms with van der Waals surface area (Å²) >= 11 is 0. The van der Waals surface area contributed by atoms with Crippen LogP contribution in [0.4, 0.5) is 10.5 Å². The molecular weight excluding hydrogens is 298 g/mol. The van der Waals surface area contributed by atoms with Crippen LogP contribution in [-0.4, -0.2) is 22.8 Å². The molecule has 0 fully saturated rings. The summed E-state index contributed by atoms with van der Waals surface area (Å²) in [5.41, 5.74) is 1.49. The minimum absolute atomic E-state index is 0.310. The Morgan fingerprint density at radius 2 is 2.13 bits per heavy atom. The Balaban J connectivity index is 1.76. The molecule has 2 heterocycles. The highest BCUT2D eigenvalue weighted by atomic mass is 16.5. The molecule has 0 atom stereocenters. The number of carbonyl (C=O) groups excluding carboxylic acids is 1. The molecule has 0 saturated carbocycles. The molecule has 0 unspecified atom stereocenters. The number of benzene rings is 1. The monoisotopic (exact) mass is 313 g/mol. The van der Waals surface area contributed by atoms with Gasteiger partial charge in [-0.2, -0.15) is 4.98 Å². The van der Waals surface area contributed by atoms with Gasteiger partial charge < -0.3 is 13.7 Å². The number of hydrogen-bond acceptors (Lipinski definition) is 6. The molecule has 0 radical (unpaired) electrons. The van der Waals surface area contributed by atoms with Crippen LogP contribution in [0.5, 0.6) is 0 Å². The second-order valence-electron chi connectivity index (χ2n) is 4.67. The number of rotatable bonds is 5. The zero-order valence-electron chi connectivity index (χ0n) is 12.5. The molecule has 23 heavy (non-hydrogen) atoms. The predicted octanol–water partition coefficient (Wildman–Crippen LogP) is 3.49. The van der Waals surface area contributed by atoms with Gasteiger partial charge in [0, 0.05) is 5.69 Å². The first kappa shape index (κ1) is 14.8. The smallest absolute Gasteiger partial charge is 0.411 e. The fourth-order valence-electron chi connectivity index (χ4n) is 2.07. The highest BCUT2D eigenvalue weighted by Crippen LogP contribution is 2.21. The van der Waals surface area contributed by atoms with Crippen molar-refractivity contribution in [1.29, 1.82) is 0 Å². The minimum Gasteiger partial charge on any atom is -0.461 e. The Kier molecular flexibility index (Phi) is 4.37. The van der Waals surface area contributed by atoms with Crippen molar-refractivity contribution in [3.63, 3.8) is 0 Å². The van der Waals surface area contributed by atoms with E-state index in [2.05, 4.69) is 15.5 Å². The van der Waals surface area contributed by atoms with Crippen LogP contribution in [0.3, 0.4) is 0 Å². The lowest BCUT2D eigenvalue weighted by molar-refractivity contribution is 0.168. The number of ether oxygens (including phenoxy) is 1. The average molecular weight is 313 g/mol. The van der Waals surface area contributed by atoms with E-state index in [-0.39, 0.29) is 0 Å². The standard InChI is InChI=1S/C16H15N3O4/c1-2-21-16(20)17-12-7-4-3-6-11(12)10-14-18-15(19-23-14)13-8-5-9-22-13/h3-9H,2,10H2,1H3,(H,17,20). The van der Waals surface area contributed by atoms with E-state index < -0.39 is 6.09 Å². The summed E-state index contributed by atoms with van der Waals surface area (Å²) in [5, 5.41) is 6.58. The van der Waals surface area contributed by atoms with Crippen LogP contribution >= 0.6 is 0 Å². The van der Waals surface area contributed by atoms with Gasteiger partial charge in [-0.15, -0.1) is 0 Å². The predicted molar refractivity (Wildman–Crippen MR) is 81.9 cm³/mol. The molecule has 1 amide bonds. The summed E-state index contributed by atoms with van der Waals surface area (Å²) in [7, 11) is 0. The number of nitrogens with zero attached hydrogens (tertiary/aromatic N) is 2. The van der Waals surface area contributed by atoms with Crippen LogP contribution in [0.2, 0.25) is 0 Å². The third-order valence-corrected chi connectivity index (χ3v) is 3.08. The van der Waals surface area contributed by atoms with Gasteiger partial charge in [0.05, 0.1) is 19.3 Å². The molecule has 7 heteroatoms. The summed E-state index contributed by atoms with van der Waals surface area (Å²) < 4.78 is 15.4. The first-order valence-electron chi connectivity index (χ1n) is 7.14. The summed E-state index contributed by atoms with van der Waals surface area (Å²) in [4.78, 5) is 15.9. The lowest BCUT2D eigenvalue weighted by Gasteiger charge is -2.09. The molecule has 1 N–H and O–H groups in total. The Labute approximate surface area is 132 Å². The molecule has 2 aromatic heterocycles. The first-order valence-corrected chi connectivity index (χ1v) is 7.14. The molecule has 0 aliphatic rings. The van der Waals surface area contributed by atoms with E-state index in [1.807, 2.05) is 18.2 Å². The number of furan rings is 1. The Bertz CT molecular complexity index is 780. The number of anilines is 1. The molecular formula is C16H15N3O4. The van der Waals surface area contributed by atoms with Crippen LogP contribution < -0.4 is 5.32 Å². The summed E-state index contributed by atoms with van der Waals surface area (Å²) in [5.74, 6) is 1.35. The zero-order valence-corrected chi connectivity index (χ0v) is 12.5. The van der Waals surface area contributed by atoms with Crippen molar-refractivity contribution in [2.75, 3.05) is 11.9 Å². The van der Waals surface area contributed by atoms with Crippen molar-refractivity contribution in [2.45, 2.75) is 13.3 Å². The van der Waals surface area contributed by atoms with Gasteiger partial charge in [0.1, 0.15) is 0 Å². The quantitative estimate of drug-likeness (QED) is 0.775. The number of hydrogen-bond donors (Lipinski definition) is 1. The highest BCUT2D eigenvalue weighted by Gasteiger charge is 2.14. The van der Waals surface area contributed by atoms with Gasteiger partial charge >= 0.3 is 6.09 Å². The second kappa shape index (κ2) is 6.78.